The number of benzene rings is 2. The number of Topliss-reactive ketones (excluding diaryl/α,β-unsaturated/α-hetero) is 1. The van der Waals surface area contributed by atoms with E-state index in [9.17, 15) is 9.90 Å². The Hall–Kier alpha value is -1.68. The van der Waals surface area contributed by atoms with Crippen molar-refractivity contribution in [1.82, 2.24) is 4.90 Å². The summed E-state index contributed by atoms with van der Waals surface area (Å²) in [5, 5.41) is 10.4. The number of carbonyl (C=O) groups is 1. The van der Waals surface area contributed by atoms with Crippen LogP contribution in [0.5, 0.6) is 0 Å². The van der Waals surface area contributed by atoms with Gasteiger partial charge in [-0.25, -0.2) is 0 Å². The molecule has 122 valence electrons. The topological polar surface area (TPSA) is 40.5 Å². The summed E-state index contributed by atoms with van der Waals surface area (Å²) in [5.41, 5.74) is 1.05. The van der Waals surface area contributed by atoms with Crippen molar-refractivity contribution in [2.24, 2.45) is 0 Å². The number of likely N-dealkylation sites (tertiary alicyclic amines) is 1. The van der Waals surface area contributed by atoms with Gasteiger partial charge in [0.15, 0.2) is 5.78 Å². The summed E-state index contributed by atoms with van der Waals surface area (Å²) >= 11 is 0. The monoisotopic (exact) mass is 331 g/mol. The Morgan fingerprint density at radius 2 is 1.65 bits per heavy atom. The van der Waals surface area contributed by atoms with Crippen LogP contribution in [0.25, 0.3) is 0 Å². The lowest BCUT2D eigenvalue weighted by molar-refractivity contribution is -0.146. The molecule has 1 aliphatic heterocycles. The molecule has 1 saturated heterocycles. The van der Waals surface area contributed by atoms with Crippen LogP contribution in [0.4, 0.5) is 0 Å². The summed E-state index contributed by atoms with van der Waals surface area (Å²) in [6, 6.07) is 20.3. The lowest BCUT2D eigenvalue weighted by atomic mass is 9.85. The first-order chi connectivity index (χ1) is 10.6. The summed E-state index contributed by atoms with van der Waals surface area (Å²) in [7, 11) is 0. The molecule has 0 aromatic heterocycles. The second-order valence-corrected chi connectivity index (χ2v) is 6.22. The van der Waals surface area contributed by atoms with E-state index in [1.165, 1.54) is 5.56 Å². The molecular weight excluding hydrogens is 310 g/mol. The number of hydrogen-bond acceptors (Lipinski definition) is 3. The van der Waals surface area contributed by atoms with Crippen molar-refractivity contribution < 1.29 is 9.90 Å². The van der Waals surface area contributed by atoms with E-state index >= 15 is 0 Å². The first kappa shape index (κ1) is 17.7. The highest BCUT2D eigenvalue weighted by atomic mass is 35.5. The third-order valence-electron chi connectivity index (χ3n) is 4.34. The molecule has 2 aromatic rings. The van der Waals surface area contributed by atoms with Crippen molar-refractivity contribution in [3.63, 3.8) is 0 Å². The number of ketones is 1. The molecule has 3 rings (SSSR count). The fourth-order valence-corrected chi connectivity index (χ4v) is 3.11. The van der Waals surface area contributed by atoms with Gasteiger partial charge in [-0.15, -0.1) is 12.4 Å². The van der Waals surface area contributed by atoms with E-state index in [4.69, 9.17) is 0 Å². The third kappa shape index (κ3) is 3.99. The maximum atomic E-state index is 12.2. The Balaban J connectivity index is 0.00000192. The molecule has 0 amide bonds. The molecule has 0 saturated carbocycles. The average molecular weight is 332 g/mol. The Morgan fingerprint density at radius 3 is 2.26 bits per heavy atom. The van der Waals surface area contributed by atoms with Crippen molar-refractivity contribution in [2.75, 3.05) is 6.54 Å². The summed E-state index contributed by atoms with van der Waals surface area (Å²) in [6.07, 6.45) is 0.351. The second-order valence-electron chi connectivity index (χ2n) is 6.22. The van der Waals surface area contributed by atoms with Gasteiger partial charge in [0.05, 0.1) is 0 Å². The first-order valence-electron chi connectivity index (χ1n) is 7.65. The van der Waals surface area contributed by atoms with Crippen LogP contribution in [0.15, 0.2) is 60.7 Å². The standard InChI is InChI=1S/C19H21NO2.ClH/c1-19(22)14-20(13-15-8-4-2-5-9-15)17(12-18(19)21)16-10-6-3-7-11-16;/h2-11,17,22H,12-14H2,1H3;1H/t17-,19-;/m0./s1. The van der Waals surface area contributed by atoms with E-state index in [1.807, 2.05) is 36.4 Å². The molecule has 0 bridgehead atoms. The van der Waals surface area contributed by atoms with E-state index in [0.717, 1.165) is 12.1 Å². The molecule has 0 spiro atoms. The predicted molar refractivity (Wildman–Crippen MR) is 93.5 cm³/mol. The number of aliphatic hydroxyl groups is 1. The maximum Gasteiger partial charge on any atom is 0.167 e. The molecule has 23 heavy (non-hydrogen) atoms. The van der Waals surface area contributed by atoms with Gasteiger partial charge >= 0.3 is 0 Å². The molecule has 1 N–H and O–H groups in total. The summed E-state index contributed by atoms with van der Waals surface area (Å²) in [6.45, 7) is 2.71. The number of rotatable bonds is 3. The van der Waals surface area contributed by atoms with Crippen LogP contribution >= 0.6 is 12.4 Å². The Labute approximate surface area is 143 Å². The Bertz CT molecular complexity index is 643. The van der Waals surface area contributed by atoms with Crippen molar-refractivity contribution in [3.05, 3.63) is 71.8 Å². The highest BCUT2D eigenvalue weighted by Gasteiger charge is 2.41. The van der Waals surface area contributed by atoms with Crippen LogP contribution in [-0.2, 0) is 11.3 Å². The predicted octanol–water partition coefficient (Wildman–Crippen LogP) is 3.38. The van der Waals surface area contributed by atoms with Gasteiger partial charge in [-0.2, -0.15) is 0 Å². The molecule has 2 aromatic carbocycles. The van der Waals surface area contributed by atoms with Gasteiger partial charge < -0.3 is 5.11 Å². The smallest absolute Gasteiger partial charge is 0.167 e. The van der Waals surface area contributed by atoms with Gasteiger partial charge in [0.1, 0.15) is 5.60 Å². The van der Waals surface area contributed by atoms with Crippen LogP contribution in [0.2, 0.25) is 0 Å². The summed E-state index contributed by atoms with van der Waals surface area (Å²) < 4.78 is 0. The molecule has 0 unspecified atom stereocenters. The van der Waals surface area contributed by atoms with Crippen molar-refractivity contribution in [1.29, 1.82) is 0 Å². The van der Waals surface area contributed by atoms with E-state index < -0.39 is 5.60 Å². The van der Waals surface area contributed by atoms with Crippen LogP contribution in [0.3, 0.4) is 0 Å². The molecule has 4 heteroatoms. The van der Waals surface area contributed by atoms with Gasteiger partial charge in [0.25, 0.3) is 0 Å². The molecule has 2 atom stereocenters. The Kier molecular flexibility index (Phi) is 5.58. The minimum absolute atomic E-state index is 0. The first-order valence-corrected chi connectivity index (χ1v) is 7.65. The molecular formula is C19H22ClNO2. The summed E-state index contributed by atoms with van der Waals surface area (Å²) in [5.74, 6) is -0.0781. The second kappa shape index (κ2) is 7.26. The molecule has 0 aliphatic carbocycles. The molecule has 1 heterocycles. The van der Waals surface area contributed by atoms with Crippen LogP contribution in [0, 0.1) is 0 Å². The fourth-order valence-electron chi connectivity index (χ4n) is 3.11. The van der Waals surface area contributed by atoms with Crippen molar-refractivity contribution in [2.45, 2.75) is 31.5 Å². The number of piperidine rings is 1. The van der Waals surface area contributed by atoms with Crippen LogP contribution in [0.1, 0.15) is 30.5 Å². The minimum atomic E-state index is -1.26. The van der Waals surface area contributed by atoms with E-state index in [0.29, 0.717) is 13.0 Å². The fraction of sp³-hybridized carbons (Fsp3) is 0.316. The minimum Gasteiger partial charge on any atom is -0.381 e. The highest BCUT2D eigenvalue weighted by molar-refractivity contribution is 5.88. The molecule has 3 nitrogen and oxygen atoms in total. The van der Waals surface area contributed by atoms with Crippen molar-refractivity contribution in [3.8, 4) is 0 Å². The number of halogens is 1. The van der Waals surface area contributed by atoms with Gasteiger partial charge in [-0.1, -0.05) is 60.7 Å². The van der Waals surface area contributed by atoms with Gasteiger partial charge in [-0.3, -0.25) is 9.69 Å². The molecule has 1 aliphatic rings. The van der Waals surface area contributed by atoms with Gasteiger partial charge in [0, 0.05) is 25.6 Å². The molecule has 0 radical (unpaired) electrons. The summed E-state index contributed by atoms with van der Waals surface area (Å²) in [4.78, 5) is 14.4. The average Bonchev–Trinajstić information content (AvgIpc) is 2.52. The number of hydrogen-bond donors (Lipinski definition) is 1. The van der Waals surface area contributed by atoms with Crippen LogP contribution in [-0.4, -0.2) is 27.9 Å². The normalized spacial score (nSPS) is 25.0. The lowest BCUT2D eigenvalue weighted by Gasteiger charge is -2.42. The van der Waals surface area contributed by atoms with Gasteiger partial charge in [-0.05, 0) is 18.1 Å². The molecule has 1 fully saturated rings. The van der Waals surface area contributed by atoms with Crippen LogP contribution < -0.4 is 0 Å². The SMILES string of the molecule is C[C@]1(O)CN(Cc2ccccc2)[C@H](c2ccccc2)CC1=O.Cl. The number of β-amino-alcohol motifs (C(OH)–C–C–N with tert-alkyl or cyclic N) is 1. The number of nitrogens with zero attached hydrogens (tertiary/aromatic N) is 1. The Morgan fingerprint density at radius 1 is 1.09 bits per heavy atom. The maximum absolute atomic E-state index is 12.2. The van der Waals surface area contributed by atoms with Crippen molar-refractivity contribution >= 4 is 18.2 Å². The zero-order valence-electron chi connectivity index (χ0n) is 13.2. The van der Waals surface area contributed by atoms with Gasteiger partial charge in [0.2, 0.25) is 0 Å². The zero-order chi connectivity index (χ0) is 15.6. The quantitative estimate of drug-likeness (QED) is 0.937. The third-order valence-corrected chi connectivity index (χ3v) is 4.34. The van der Waals surface area contributed by atoms with E-state index in [1.54, 1.807) is 6.92 Å². The largest absolute Gasteiger partial charge is 0.381 e. The van der Waals surface area contributed by atoms with E-state index in [2.05, 4.69) is 29.2 Å². The number of carbonyl (C=O) groups excluding carboxylic acids is 1. The van der Waals surface area contributed by atoms with E-state index in [-0.39, 0.29) is 24.2 Å². The highest BCUT2D eigenvalue weighted by Crippen LogP contribution is 2.34. The zero-order valence-corrected chi connectivity index (χ0v) is 14.0. The lowest BCUT2D eigenvalue weighted by Crippen LogP contribution is -2.53.